The molecule has 3 unspecified atom stereocenters. The van der Waals surface area contributed by atoms with Crippen LogP contribution in [-0.2, 0) is 14.8 Å². The van der Waals surface area contributed by atoms with E-state index in [1.165, 1.54) is 0 Å². The summed E-state index contributed by atoms with van der Waals surface area (Å²) in [7, 11) is -1.73. The molecule has 6 nitrogen and oxygen atoms in total. The molecule has 2 aliphatic rings. The predicted molar refractivity (Wildman–Crippen MR) is 105 cm³/mol. The monoisotopic (exact) mass is 404 g/mol. The molecule has 0 bridgehead atoms. The number of piperidine rings is 1. The van der Waals surface area contributed by atoms with Crippen molar-refractivity contribution in [3.05, 3.63) is 29.8 Å². The van der Waals surface area contributed by atoms with Gasteiger partial charge in [0.15, 0.2) is 0 Å². The van der Waals surface area contributed by atoms with E-state index in [1.807, 2.05) is 24.3 Å². The summed E-state index contributed by atoms with van der Waals surface area (Å²) >= 11 is 0. The topological polar surface area (TPSA) is 76.7 Å². The summed E-state index contributed by atoms with van der Waals surface area (Å²) in [6.07, 6.45) is 3.61. The van der Waals surface area contributed by atoms with E-state index >= 15 is 0 Å². The van der Waals surface area contributed by atoms with Crippen LogP contribution < -0.4 is 14.8 Å². The Morgan fingerprint density at radius 2 is 2.00 bits per heavy atom. The molecule has 0 aliphatic carbocycles. The Hall–Kier alpha value is -0.860. The Balaban J connectivity index is 0.00000243. The van der Waals surface area contributed by atoms with Gasteiger partial charge < -0.3 is 14.8 Å². The fourth-order valence-electron chi connectivity index (χ4n) is 3.69. The second-order valence-corrected chi connectivity index (χ2v) is 8.67. The van der Waals surface area contributed by atoms with Gasteiger partial charge in [-0.1, -0.05) is 12.1 Å². The van der Waals surface area contributed by atoms with E-state index in [2.05, 4.69) is 10.0 Å². The van der Waals surface area contributed by atoms with Crippen molar-refractivity contribution in [1.82, 2.24) is 10.0 Å². The van der Waals surface area contributed by atoms with Crippen LogP contribution in [0.25, 0.3) is 0 Å². The highest BCUT2D eigenvalue weighted by atomic mass is 35.5. The zero-order valence-corrected chi connectivity index (χ0v) is 16.8. The number of halogens is 1. The van der Waals surface area contributed by atoms with Crippen molar-refractivity contribution < 1.29 is 17.9 Å². The molecule has 0 amide bonds. The molecular weight excluding hydrogens is 376 g/mol. The zero-order valence-electron chi connectivity index (χ0n) is 15.1. The van der Waals surface area contributed by atoms with Crippen molar-refractivity contribution in [3.8, 4) is 5.75 Å². The second-order valence-electron chi connectivity index (χ2n) is 6.87. The summed E-state index contributed by atoms with van der Waals surface area (Å²) in [5.41, 5.74) is 1.14. The van der Waals surface area contributed by atoms with Gasteiger partial charge in [0.2, 0.25) is 10.0 Å². The maximum Gasteiger partial charge on any atom is 0.214 e. The minimum absolute atomic E-state index is 0. The molecule has 0 spiro atoms. The first kappa shape index (κ1) is 21.4. The second kappa shape index (κ2) is 9.90. The number of benzene rings is 1. The molecule has 1 aromatic carbocycles. The van der Waals surface area contributed by atoms with Gasteiger partial charge in [-0.15, -0.1) is 12.4 Å². The van der Waals surface area contributed by atoms with E-state index in [4.69, 9.17) is 9.47 Å². The smallest absolute Gasteiger partial charge is 0.214 e. The van der Waals surface area contributed by atoms with Crippen LogP contribution in [0.5, 0.6) is 5.75 Å². The number of hydrogen-bond acceptors (Lipinski definition) is 5. The molecule has 3 atom stereocenters. The van der Waals surface area contributed by atoms with E-state index in [0.717, 1.165) is 43.5 Å². The van der Waals surface area contributed by atoms with Crippen LogP contribution in [0.4, 0.5) is 0 Å². The summed E-state index contributed by atoms with van der Waals surface area (Å²) in [6.45, 7) is 2.20. The first-order valence-electron chi connectivity index (χ1n) is 9.04. The molecule has 2 aliphatic heterocycles. The quantitative estimate of drug-likeness (QED) is 0.758. The van der Waals surface area contributed by atoms with Crippen LogP contribution in [0.2, 0.25) is 0 Å². The highest BCUT2D eigenvalue weighted by molar-refractivity contribution is 7.89. The van der Waals surface area contributed by atoms with Crippen LogP contribution in [0.3, 0.4) is 0 Å². The average molecular weight is 405 g/mol. The number of hydrogen-bond donors (Lipinski definition) is 2. The van der Waals surface area contributed by atoms with Crippen molar-refractivity contribution in [2.75, 3.05) is 32.6 Å². The maximum atomic E-state index is 12.6. The lowest BCUT2D eigenvalue weighted by molar-refractivity contribution is 0.0303. The molecule has 0 saturated carbocycles. The van der Waals surface area contributed by atoms with Crippen LogP contribution in [0.1, 0.15) is 37.2 Å². The Morgan fingerprint density at radius 1 is 1.23 bits per heavy atom. The Bertz CT molecular complexity index is 648. The Morgan fingerprint density at radius 3 is 2.65 bits per heavy atom. The summed E-state index contributed by atoms with van der Waals surface area (Å²) in [5.74, 6) is 1.03. The van der Waals surface area contributed by atoms with E-state index in [9.17, 15) is 8.42 Å². The molecule has 0 aromatic heterocycles. The zero-order chi connectivity index (χ0) is 17.7. The van der Waals surface area contributed by atoms with E-state index in [-0.39, 0.29) is 36.2 Å². The fraction of sp³-hybridized carbons (Fsp3) is 0.667. The maximum absolute atomic E-state index is 12.6. The van der Waals surface area contributed by atoms with Gasteiger partial charge in [0.05, 0.1) is 19.0 Å². The SMILES string of the molecule is COc1ccc(C2CCNCC2NS(=O)(=O)CC2CCCCO2)cc1.Cl. The van der Waals surface area contributed by atoms with Crippen molar-refractivity contribution in [2.45, 2.75) is 43.7 Å². The van der Waals surface area contributed by atoms with Crippen LogP contribution in [0.15, 0.2) is 24.3 Å². The molecule has 2 saturated heterocycles. The summed E-state index contributed by atoms with van der Waals surface area (Å²) in [6, 6.07) is 7.77. The lowest BCUT2D eigenvalue weighted by atomic mass is 9.86. The normalized spacial score (nSPS) is 26.7. The number of nitrogens with one attached hydrogen (secondary N) is 2. The van der Waals surface area contributed by atoms with Crippen LogP contribution in [0, 0.1) is 0 Å². The predicted octanol–water partition coefficient (Wildman–Crippen LogP) is 2.05. The summed E-state index contributed by atoms with van der Waals surface area (Å²) < 4.78 is 38.9. The molecular formula is C18H29ClN2O4S. The van der Waals surface area contributed by atoms with Crippen molar-refractivity contribution >= 4 is 22.4 Å². The van der Waals surface area contributed by atoms with Crippen molar-refractivity contribution in [1.29, 1.82) is 0 Å². The van der Waals surface area contributed by atoms with Gasteiger partial charge in [-0.05, 0) is 49.9 Å². The Kier molecular flexibility index (Phi) is 8.16. The van der Waals surface area contributed by atoms with E-state index < -0.39 is 10.0 Å². The molecule has 1 aromatic rings. The third-order valence-electron chi connectivity index (χ3n) is 5.04. The first-order valence-corrected chi connectivity index (χ1v) is 10.7. The lowest BCUT2D eigenvalue weighted by Crippen LogP contribution is -2.51. The molecule has 0 radical (unpaired) electrons. The number of methoxy groups -OCH3 is 1. The summed E-state index contributed by atoms with van der Waals surface area (Å²) in [4.78, 5) is 0. The third kappa shape index (κ3) is 5.82. The number of sulfonamides is 1. The number of ether oxygens (including phenoxy) is 2. The molecule has 148 valence electrons. The largest absolute Gasteiger partial charge is 0.497 e. The molecule has 3 rings (SSSR count). The van der Waals surface area contributed by atoms with Gasteiger partial charge in [-0.2, -0.15) is 0 Å². The van der Waals surface area contributed by atoms with Gasteiger partial charge in [0.25, 0.3) is 0 Å². The van der Waals surface area contributed by atoms with Gasteiger partial charge in [0, 0.05) is 25.1 Å². The van der Waals surface area contributed by atoms with Crippen LogP contribution >= 0.6 is 12.4 Å². The van der Waals surface area contributed by atoms with Gasteiger partial charge in [-0.3, -0.25) is 0 Å². The highest BCUT2D eigenvalue weighted by Gasteiger charge is 2.31. The number of rotatable bonds is 6. The van der Waals surface area contributed by atoms with E-state index in [0.29, 0.717) is 13.2 Å². The average Bonchev–Trinajstić information content (AvgIpc) is 2.62. The molecule has 2 N–H and O–H groups in total. The molecule has 2 heterocycles. The van der Waals surface area contributed by atoms with Gasteiger partial charge >= 0.3 is 0 Å². The Labute approximate surface area is 162 Å². The first-order chi connectivity index (χ1) is 12.1. The molecule has 8 heteroatoms. The van der Waals surface area contributed by atoms with Crippen molar-refractivity contribution in [2.24, 2.45) is 0 Å². The highest BCUT2D eigenvalue weighted by Crippen LogP contribution is 2.28. The standard InChI is InChI=1S/C18H28N2O4S.ClH/c1-23-15-7-5-14(6-8-15)17-9-10-19-12-18(17)20-25(21,22)13-16-4-2-3-11-24-16;/h5-8,16-20H,2-4,9-13H2,1H3;1H. The minimum atomic E-state index is -3.37. The minimum Gasteiger partial charge on any atom is -0.497 e. The van der Waals surface area contributed by atoms with Crippen molar-refractivity contribution in [3.63, 3.8) is 0 Å². The fourth-order valence-corrected chi connectivity index (χ4v) is 5.25. The molecule has 2 fully saturated rings. The lowest BCUT2D eigenvalue weighted by Gasteiger charge is -2.33. The van der Waals surface area contributed by atoms with E-state index in [1.54, 1.807) is 7.11 Å². The summed E-state index contributed by atoms with van der Waals surface area (Å²) in [5, 5.41) is 3.30. The van der Waals surface area contributed by atoms with Crippen LogP contribution in [-0.4, -0.2) is 53.1 Å². The van der Waals surface area contributed by atoms with Gasteiger partial charge in [0.1, 0.15) is 5.75 Å². The molecule has 26 heavy (non-hydrogen) atoms. The van der Waals surface area contributed by atoms with Gasteiger partial charge in [-0.25, -0.2) is 13.1 Å². The third-order valence-corrected chi connectivity index (χ3v) is 6.51.